The number of halogens is 5. The first kappa shape index (κ1) is 13.3. The van der Waals surface area contributed by atoms with Crippen LogP contribution >= 0.6 is 0 Å². The van der Waals surface area contributed by atoms with Gasteiger partial charge in [0.05, 0.1) is 5.56 Å². The minimum atomic E-state index is -4.80. The largest absolute Gasteiger partial charge is 0.507 e. The van der Waals surface area contributed by atoms with Gasteiger partial charge in [0.15, 0.2) is 0 Å². The molecule has 1 nitrogen and oxygen atoms in total. The quantitative estimate of drug-likeness (QED) is 0.766. The topological polar surface area (TPSA) is 20.2 Å². The Morgan fingerprint density at radius 1 is 0.895 bits per heavy atom. The van der Waals surface area contributed by atoms with E-state index in [0.29, 0.717) is 12.1 Å². The molecule has 2 aromatic rings. The highest BCUT2D eigenvalue weighted by Gasteiger charge is 2.34. The van der Waals surface area contributed by atoms with Crippen LogP contribution < -0.4 is 0 Å². The van der Waals surface area contributed by atoms with Gasteiger partial charge in [-0.15, -0.1) is 0 Å². The molecule has 100 valence electrons. The van der Waals surface area contributed by atoms with E-state index in [1.807, 2.05) is 0 Å². The van der Waals surface area contributed by atoms with Gasteiger partial charge in [0.25, 0.3) is 0 Å². The van der Waals surface area contributed by atoms with E-state index >= 15 is 0 Å². The van der Waals surface area contributed by atoms with Gasteiger partial charge in [-0.1, -0.05) is 6.07 Å². The third kappa shape index (κ3) is 2.67. The summed E-state index contributed by atoms with van der Waals surface area (Å²) >= 11 is 0. The highest BCUT2D eigenvalue weighted by Crippen LogP contribution is 2.35. The molecule has 0 amide bonds. The summed E-state index contributed by atoms with van der Waals surface area (Å²) in [6, 6.07) is 5.07. The maximum Gasteiger partial charge on any atom is 0.419 e. The van der Waals surface area contributed by atoms with E-state index < -0.39 is 23.4 Å². The summed E-state index contributed by atoms with van der Waals surface area (Å²) in [5, 5.41) is 9.50. The molecule has 19 heavy (non-hydrogen) atoms. The van der Waals surface area contributed by atoms with Crippen LogP contribution in [0, 0.1) is 11.6 Å². The molecule has 0 saturated heterocycles. The SMILES string of the molecule is Oc1ccc(F)cc1-c1ccc(C(F)(F)F)c(F)c1. The second kappa shape index (κ2) is 4.53. The molecule has 0 heterocycles. The predicted molar refractivity (Wildman–Crippen MR) is 58.5 cm³/mol. The van der Waals surface area contributed by atoms with Crippen molar-refractivity contribution in [1.82, 2.24) is 0 Å². The van der Waals surface area contributed by atoms with Gasteiger partial charge in [-0.2, -0.15) is 13.2 Å². The second-order valence-corrected chi connectivity index (χ2v) is 3.85. The minimum Gasteiger partial charge on any atom is -0.507 e. The van der Waals surface area contributed by atoms with Crippen LogP contribution in [0.15, 0.2) is 36.4 Å². The van der Waals surface area contributed by atoms with Gasteiger partial charge in [0.1, 0.15) is 17.4 Å². The van der Waals surface area contributed by atoms with Crippen molar-refractivity contribution >= 4 is 0 Å². The van der Waals surface area contributed by atoms with Crippen molar-refractivity contribution in [3.8, 4) is 16.9 Å². The lowest BCUT2D eigenvalue weighted by atomic mass is 10.0. The Hall–Kier alpha value is -2.11. The Balaban J connectivity index is 2.54. The highest BCUT2D eigenvalue weighted by atomic mass is 19.4. The van der Waals surface area contributed by atoms with Crippen LogP contribution in [0.5, 0.6) is 5.75 Å². The molecule has 0 aliphatic carbocycles. The van der Waals surface area contributed by atoms with E-state index in [-0.39, 0.29) is 16.9 Å². The average Bonchev–Trinajstić information content (AvgIpc) is 2.30. The first-order valence-corrected chi connectivity index (χ1v) is 5.14. The minimum absolute atomic E-state index is 0.0394. The van der Waals surface area contributed by atoms with E-state index in [9.17, 15) is 27.1 Å². The summed E-state index contributed by atoms with van der Waals surface area (Å²) in [5.41, 5.74) is -1.53. The van der Waals surface area contributed by atoms with Crippen molar-refractivity contribution in [2.45, 2.75) is 6.18 Å². The lowest BCUT2D eigenvalue weighted by Crippen LogP contribution is -2.07. The Kier molecular flexibility index (Phi) is 3.18. The number of phenols is 1. The van der Waals surface area contributed by atoms with Gasteiger partial charge in [-0.05, 0) is 35.9 Å². The third-order valence-corrected chi connectivity index (χ3v) is 2.54. The van der Waals surface area contributed by atoms with E-state index in [1.54, 1.807) is 0 Å². The standard InChI is InChI=1S/C13H7F5O/c14-8-2-4-12(19)9(6-8)7-1-3-10(11(15)5-7)13(16,17)18/h1-6,19H. The van der Waals surface area contributed by atoms with Crippen molar-refractivity contribution in [3.63, 3.8) is 0 Å². The molecule has 0 aromatic heterocycles. The maximum absolute atomic E-state index is 13.4. The zero-order chi connectivity index (χ0) is 14.2. The molecule has 0 atom stereocenters. The van der Waals surface area contributed by atoms with Gasteiger partial charge >= 0.3 is 6.18 Å². The van der Waals surface area contributed by atoms with Crippen LogP contribution in [0.2, 0.25) is 0 Å². The summed E-state index contributed by atoms with van der Waals surface area (Å²) in [7, 11) is 0. The molecule has 2 aromatic carbocycles. The molecular weight excluding hydrogens is 267 g/mol. The molecule has 2 rings (SSSR count). The van der Waals surface area contributed by atoms with E-state index in [0.717, 1.165) is 24.3 Å². The third-order valence-electron chi connectivity index (χ3n) is 2.54. The van der Waals surface area contributed by atoms with Crippen LogP contribution in [0.4, 0.5) is 22.0 Å². The second-order valence-electron chi connectivity index (χ2n) is 3.85. The van der Waals surface area contributed by atoms with Crippen molar-refractivity contribution in [1.29, 1.82) is 0 Å². The fourth-order valence-corrected chi connectivity index (χ4v) is 1.65. The number of hydrogen-bond acceptors (Lipinski definition) is 1. The number of benzene rings is 2. The lowest BCUT2D eigenvalue weighted by molar-refractivity contribution is -0.139. The molecule has 0 unspecified atom stereocenters. The molecule has 0 spiro atoms. The summed E-state index contributed by atoms with van der Waals surface area (Å²) < 4.78 is 63.5. The molecule has 0 radical (unpaired) electrons. The zero-order valence-electron chi connectivity index (χ0n) is 9.30. The Morgan fingerprint density at radius 2 is 1.58 bits per heavy atom. The lowest BCUT2D eigenvalue weighted by Gasteiger charge is -2.10. The van der Waals surface area contributed by atoms with Crippen LogP contribution in [0.3, 0.4) is 0 Å². The number of rotatable bonds is 1. The summed E-state index contributed by atoms with van der Waals surface area (Å²) in [6.45, 7) is 0. The first-order chi connectivity index (χ1) is 8.79. The molecule has 0 fully saturated rings. The number of phenolic OH excluding ortho intramolecular Hbond substituents is 1. The monoisotopic (exact) mass is 274 g/mol. The predicted octanol–water partition coefficient (Wildman–Crippen LogP) is 4.36. The smallest absolute Gasteiger partial charge is 0.419 e. The van der Waals surface area contributed by atoms with E-state index in [4.69, 9.17) is 0 Å². The Labute approximate surface area is 104 Å². The van der Waals surface area contributed by atoms with Crippen molar-refractivity contribution < 1.29 is 27.1 Å². The Bertz CT molecular complexity index is 619. The number of aromatic hydroxyl groups is 1. The summed E-state index contributed by atoms with van der Waals surface area (Å²) in [4.78, 5) is 0. The molecule has 6 heteroatoms. The van der Waals surface area contributed by atoms with Crippen LogP contribution in [-0.2, 0) is 6.18 Å². The summed E-state index contributed by atoms with van der Waals surface area (Å²) in [5.74, 6) is -2.51. The van der Waals surface area contributed by atoms with Gasteiger partial charge in [-0.25, -0.2) is 8.78 Å². The van der Waals surface area contributed by atoms with Gasteiger partial charge in [0.2, 0.25) is 0 Å². The van der Waals surface area contributed by atoms with Crippen LogP contribution in [0.25, 0.3) is 11.1 Å². The number of hydrogen-bond donors (Lipinski definition) is 1. The summed E-state index contributed by atoms with van der Waals surface area (Å²) in [6.07, 6.45) is -4.80. The normalized spacial score (nSPS) is 11.6. The highest BCUT2D eigenvalue weighted by molar-refractivity contribution is 5.70. The molecule has 0 bridgehead atoms. The fraction of sp³-hybridized carbons (Fsp3) is 0.0769. The van der Waals surface area contributed by atoms with E-state index in [1.165, 1.54) is 0 Å². The van der Waals surface area contributed by atoms with Gasteiger partial charge in [-0.3, -0.25) is 0 Å². The molecule has 0 aliphatic heterocycles. The number of alkyl halides is 3. The van der Waals surface area contributed by atoms with E-state index in [2.05, 4.69) is 0 Å². The molecular formula is C13H7F5O. The van der Waals surface area contributed by atoms with Crippen molar-refractivity contribution in [2.24, 2.45) is 0 Å². The molecule has 0 aliphatic rings. The molecule has 0 saturated carbocycles. The van der Waals surface area contributed by atoms with Crippen molar-refractivity contribution in [3.05, 3.63) is 53.6 Å². The van der Waals surface area contributed by atoms with Gasteiger partial charge < -0.3 is 5.11 Å². The Morgan fingerprint density at radius 3 is 2.16 bits per heavy atom. The first-order valence-electron chi connectivity index (χ1n) is 5.14. The zero-order valence-corrected chi connectivity index (χ0v) is 9.30. The fourth-order valence-electron chi connectivity index (χ4n) is 1.65. The van der Waals surface area contributed by atoms with Gasteiger partial charge in [0, 0.05) is 5.56 Å². The van der Waals surface area contributed by atoms with Crippen LogP contribution in [-0.4, -0.2) is 5.11 Å². The maximum atomic E-state index is 13.4. The average molecular weight is 274 g/mol. The van der Waals surface area contributed by atoms with Crippen molar-refractivity contribution in [2.75, 3.05) is 0 Å². The molecule has 1 N–H and O–H groups in total. The van der Waals surface area contributed by atoms with Crippen LogP contribution in [0.1, 0.15) is 5.56 Å².